The van der Waals surface area contributed by atoms with Gasteiger partial charge in [-0.05, 0) is 109 Å². The van der Waals surface area contributed by atoms with Crippen LogP contribution in [0.1, 0.15) is 70.7 Å². The molecule has 18 nitrogen and oxygen atoms in total. The van der Waals surface area contributed by atoms with Crippen LogP contribution in [-0.2, 0) is 26.0 Å². The van der Waals surface area contributed by atoms with Crippen LogP contribution in [0.3, 0.4) is 0 Å². The molecule has 10 rings (SSSR count). The first-order valence-electron chi connectivity index (χ1n) is 23.2. The van der Waals surface area contributed by atoms with Crippen LogP contribution >= 0.6 is 23.1 Å². The normalized spacial score (nSPS) is 18.9. The zero-order valence-corrected chi connectivity index (χ0v) is 41.3. The molecule has 5 amide bonds. The van der Waals surface area contributed by atoms with Gasteiger partial charge in [-0.15, -0.1) is 0 Å². The highest BCUT2D eigenvalue weighted by Gasteiger charge is 2.45. The monoisotopic (exact) mass is 1020 g/mol. The van der Waals surface area contributed by atoms with E-state index in [1.165, 1.54) is 5.56 Å². The highest BCUT2D eigenvalue weighted by molar-refractivity contribution is 9.10. The Kier molecular flexibility index (Phi) is 12.3. The summed E-state index contributed by atoms with van der Waals surface area (Å²) in [5.74, 6) is -0.219. The summed E-state index contributed by atoms with van der Waals surface area (Å²) < 4.78 is 21.9. The van der Waals surface area contributed by atoms with Gasteiger partial charge in [-0.2, -0.15) is 10.1 Å². The number of piperazine rings is 1. The molecule has 3 N–H and O–H groups in total. The van der Waals surface area contributed by atoms with Crippen molar-refractivity contribution < 1.29 is 33.3 Å². The van der Waals surface area contributed by atoms with Crippen LogP contribution in [0.15, 0.2) is 71.6 Å². The third kappa shape index (κ3) is 9.21. The standard InChI is InChI=1S/C49H53BrN11O7P/c1-57-27-31(25-52-57)34-23-38(54-49-51-26-36(50)44(56-49)53-37-10-7-30(28-5-6-28)21-42(37)69(3,4)67)41(68-2)24-40(34)59-15-13-29(14-16-59)46(64)60-19-17-58(18-20-60)32-8-9-33-35(22-32)48(66)61(47(33)65)39-11-12-43(62)55-45(39)63/h7-10,21-29,39H,5-6,11-20H2,1-4H3,(H,55,62,63)(H2,51,53,54,56)/t39-/m0/s1. The number of piperidine rings is 2. The minimum absolute atomic E-state index is 0.0559. The molecule has 3 aromatic carbocycles. The fourth-order valence-corrected chi connectivity index (χ4v) is 11.3. The zero-order chi connectivity index (χ0) is 48.3. The summed E-state index contributed by atoms with van der Waals surface area (Å²) in [5, 5.41) is 14.3. The molecule has 2 aromatic heterocycles. The smallest absolute Gasteiger partial charge is 0.262 e. The number of amides is 5. The van der Waals surface area contributed by atoms with E-state index >= 15 is 0 Å². The lowest BCUT2D eigenvalue weighted by Gasteiger charge is -2.40. The van der Waals surface area contributed by atoms with Crippen LogP contribution in [-0.4, -0.2) is 125 Å². The van der Waals surface area contributed by atoms with Crippen molar-refractivity contribution in [3.8, 4) is 16.9 Å². The van der Waals surface area contributed by atoms with Crippen molar-refractivity contribution in [2.24, 2.45) is 13.0 Å². The molecule has 0 radical (unpaired) electrons. The molecular formula is C49H53BrN11O7P. The number of methoxy groups -OCH3 is 1. The highest BCUT2D eigenvalue weighted by Crippen LogP contribution is 2.45. The van der Waals surface area contributed by atoms with Crippen molar-refractivity contribution in [2.45, 2.75) is 50.5 Å². The van der Waals surface area contributed by atoms with Crippen molar-refractivity contribution in [1.82, 2.24) is 34.9 Å². The number of carbonyl (C=O) groups excluding carboxylic acids is 5. The Hall–Kier alpha value is -6.59. The first-order valence-corrected chi connectivity index (χ1v) is 26.6. The van der Waals surface area contributed by atoms with Crippen LogP contribution in [0.25, 0.3) is 11.1 Å². The second kappa shape index (κ2) is 18.4. The second-order valence-corrected chi connectivity index (χ2v) is 22.8. The van der Waals surface area contributed by atoms with Gasteiger partial charge in [-0.25, -0.2) is 4.98 Å². The van der Waals surface area contributed by atoms with E-state index in [1.54, 1.807) is 49.5 Å². The summed E-state index contributed by atoms with van der Waals surface area (Å²) in [5.41, 5.74) is 6.61. The van der Waals surface area contributed by atoms with Crippen LogP contribution < -0.4 is 35.8 Å². The predicted molar refractivity (Wildman–Crippen MR) is 266 cm³/mol. The molecule has 6 heterocycles. The van der Waals surface area contributed by atoms with Crippen LogP contribution in [0.2, 0.25) is 0 Å². The number of fused-ring (bicyclic) bond motifs is 1. The van der Waals surface area contributed by atoms with Gasteiger partial charge < -0.3 is 34.6 Å². The largest absolute Gasteiger partial charge is 0.494 e. The molecule has 20 heteroatoms. The Morgan fingerprint density at radius 1 is 0.826 bits per heavy atom. The lowest BCUT2D eigenvalue weighted by Crippen LogP contribution is -2.54. The fourth-order valence-electron chi connectivity index (χ4n) is 9.89. The highest BCUT2D eigenvalue weighted by atomic mass is 79.9. The Morgan fingerprint density at radius 3 is 2.26 bits per heavy atom. The number of rotatable bonds is 12. The fraction of sp³-hybridized carbons (Fsp3) is 0.388. The molecule has 0 unspecified atom stereocenters. The third-order valence-electron chi connectivity index (χ3n) is 13.8. The van der Waals surface area contributed by atoms with Crippen LogP contribution in [0.4, 0.5) is 34.5 Å². The average Bonchev–Trinajstić information content (AvgIpc) is 4.06. The van der Waals surface area contributed by atoms with Crippen molar-refractivity contribution in [3.05, 3.63) is 88.3 Å². The molecule has 4 aliphatic heterocycles. The molecule has 69 heavy (non-hydrogen) atoms. The van der Waals surface area contributed by atoms with E-state index < -0.39 is 36.8 Å². The van der Waals surface area contributed by atoms with E-state index in [-0.39, 0.29) is 35.8 Å². The molecule has 4 fully saturated rings. The number of benzene rings is 3. The molecular weight excluding hydrogens is 965 g/mol. The number of carbonyl (C=O) groups is 5. The topological polar surface area (TPSA) is 204 Å². The molecule has 0 spiro atoms. The van der Waals surface area contributed by atoms with Gasteiger partial charge in [-0.3, -0.25) is 38.9 Å². The van der Waals surface area contributed by atoms with Crippen molar-refractivity contribution >= 4 is 92.4 Å². The number of nitrogens with zero attached hydrogens (tertiary/aromatic N) is 8. The molecule has 1 atom stereocenters. The second-order valence-electron chi connectivity index (χ2n) is 18.8. The molecule has 5 aromatic rings. The number of ether oxygens (including phenoxy) is 1. The Labute approximate surface area is 407 Å². The van der Waals surface area contributed by atoms with Gasteiger partial charge in [0.05, 0.1) is 40.3 Å². The molecule has 5 aliphatic rings. The summed E-state index contributed by atoms with van der Waals surface area (Å²) in [6.07, 6.45) is 9.25. The molecule has 0 bridgehead atoms. The number of hydrogen-bond acceptors (Lipinski definition) is 14. The molecule has 1 aliphatic carbocycles. The first-order chi connectivity index (χ1) is 33.1. The number of aryl methyl sites for hydroxylation is 1. The van der Waals surface area contributed by atoms with Gasteiger partial charge in [0, 0.05) is 105 Å². The number of halogens is 1. The number of imide groups is 2. The van der Waals surface area contributed by atoms with Crippen LogP contribution in [0, 0.1) is 5.92 Å². The number of nitrogens with one attached hydrogen (secondary N) is 3. The maximum absolute atomic E-state index is 14.0. The minimum Gasteiger partial charge on any atom is -0.494 e. The first kappa shape index (κ1) is 46.2. The van der Waals surface area contributed by atoms with E-state index in [0.717, 1.165) is 51.2 Å². The number of anilines is 6. The summed E-state index contributed by atoms with van der Waals surface area (Å²) in [4.78, 5) is 81.7. The van der Waals surface area contributed by atoms with Crippen molar-refractivity contribution in [1.29, 1.82) is 0 Å². The molecule has 3 saturated heterocycles. The van der Waals surface area contributed by atoms with Crippen molar-refractivity contribution in [3.63, 3.8) is 0 Å². The SMILES string of the molecule is COc1cc(N2CCC(C(=O)N3CCN(c4ccc5c(c4)C(=O)N([C@H]4CCC(=O)NC4=O)C5=O)CC3)CC2)c(-c2cnn(C)c2)cc1Nc1ncc(Br)c(Nc2ccc(C3CC3)cc2P(C)(C)=O)n1. The van der Waals surface area contributed by atoms with E-state index in [1.807, 2.05) is 42.5 Å². The lowest BCUT2D eigenvalue weighted by atomic mass is 9.93. The maximum atomic E-state index is 14.0. The molecule has 1 saturated carbocycles. The van der Waals surface area contributed by atoms with Gasteiger partial charge in [-0.1, -0.05) is 6.07 Å². The lowest BCUT2D eigenvalue weighted by molar-refractivity contribution is -0.137. The number of hydrogen-bond donors (Lipinski definition) is 3. The third-order valence-corrected chi connectivity index (χ3v) is 15.9. The maximum Gasteiger partial charge on any atom is 0.262 e. The van der Waals surface area contributed by atoms with Crippen molar-refractivity contribution in [2.75, 3.05) is 80.1 Å². The van der Waals surface area contributed by atoms with Gasteiger partial charge in [0.1, 0.15) is 24.8 Å². The number of aromatic nitrogens is 4. The van der Waals surface area contributed by atoms with Crippen LogP contribution in [0.5, 0.6) is 5.75 Å². The molecule has 358 valence electrons. The van der Waals surface area contributed by atoms with Gasteiger partial charge in [0.2, 0.25) is 23.7 Å². The summed E-state index contributed by atoms with van der Waals surface area (Å²) in [6, 6.07) is 14.3. The Morgan fingerprint density at radius 2 is 1.58 bits per heavy atom. The van der Waals surface area contributed by atoms with Gasteiger partial charge in [0.25, 0.3) is 11.8 Å². The Bertz CT molecular complexity index is 2970. The van der Waals surface area contributed by atoms with E-state index in [2.05, 4.69) is 63.9 Å². The zero-order valence-electron chi connectivity index (χ0n) is 38.8. The minimum atomic E-state index is -2.63. The average molecular weight is 1020 g/mol. The van der Waals surface area contributed by atoms with E-state index in [0.29, 0.717) is 85.7 Å². The summed E-state index contributed by atoms with van der Waals surface area (Å²) >= 11 is 3.61. The Balaban J connectivity index is 0.804. The van der Waals surface area contributed by atoms with Gasteiger partial charge >= 0.3 is 0 Å². The van der Waals surface area contributed by atoms with Gasteiger partial charge in [0.15, 0.2) is 0 Å². The van der Waals surface area contributed by atoms with E-state index in [4.69, 9.17) is 9.72 Å². The summed E-state index contributed by atoms with van der Waals surface area (Å²) in [7, 11) is 0.872. The summed E-state index contributed by atoms with van der Waals surface area (Å²) in [6.45, 7) is 6.99. The predicted octanol–water partition coefficient (Wildman–Crippen LogP) is 6.23. The quantitative estimate of drug-likeness (QED) is 0.0938. The van der Waals surface area contributed by atoms with E-state index in [9.17, 15) is 28.5 Å².